The average molecular weight is 475 g/mol. The van der Waals surface area contributed by atoms with Gasteiger partial charge in [0.15, 0.2) is 5.69 Å². The average Bonchev–Trinajstić information content (AvgIpc) is 3.41. The lowest BCUT2D eigenvalue weighted by Crippen LogP contribution is -2.61. The fourth-order valence-corrected chi connectivity index (χ4v) is 4.65. The van der Waals surface area contributed by atoms with Crippen LogP contribution in [0.4, 0.5) is 13.2 Å². The number of pyridine rings is 1. The van der Waals surface area contributed by atoms with Crippen molar-refractivity contribution in [2.45, 2.75) is 36.9 Å². The molecule has 6 N–H and O–H groups in total. The first kappa shape index (κ1) is 26.4. The molecule has 3 heterocycles. The molecular formula is C22H30B2F3N5O2. The van der Waals surface area contributed by atoms with Crippen molar-refractivity contribution in [3.8, 4) is 0 Å². The molecule has 34 heavy (non-hydrogen) atoms. The van der Waals surface area contributed by atoms with Crippen LogP contribution in [0.25, 0.3) is 5.70 Å². The molecule has 3 atom stereocenters. The van der Waals surface area contributed by atoms with E-state index in [0.717, 1.165) is 31.1 Å². The van der Waals surface area contributed by atoms with E-state index in [1.807, 2.05) is 0 Å². The molecular weight excluding hydrogens is 445 g/mol. The monoisotopic (exact) mass is 475 g/mol. The Kier molecular flexibility index (Phi) is 8.59. The molecule has 1 aromatic rings. The van der Waals surface area contributed by atoms with E-state index in [0.29, 0.717) is 19.8 Å². The molecule has 3 fully saturated rings. The maximum atomic E-state index is 12.6. The quantitative estimate of drug-likeness (QED) is 0.445. The standard InChI is InChI=1S/C12H19B2NO2.C10H11F3N4/c13-12(14,11-8-16-4-5-17-11)15-6-9-2-1-3-10(9)7-15;11-10(12,13)9-6(2-1-5-17-9)7(14)3-4-8(15)16/h9-11H,1-8H2;1-5H,14-16H2/b;7-3-. The van der Waals surface area contributed by atoms with Gasteiger partial charge in [-0.3, -0.25) is 4.98 Å². The van der Waals surface area contributed by atoms with Crippen molar-refractivity contribution in [3.05, 3.63) is 47.6 Å². The van der Waals surface area contributed by atoms with Gasteiger partial charge in [0.2, 0.25) is 0 Å². The highest BCUT2D eigenvalue weighted by Crippen LogP contribution is 2.40. The smallest absolute Gasteiger partial charge is 0.398 e. The van der Waals surface area contributed by atoms with Crippen LogP contribution in [0.1, 0.15) is 30.5 Å². The van der Waals surface area contributed by atoms with Gasteiger partial charge < -0.3 is 31.6 Å². The number of halogens is 3. The summed E-state index contributed by atoms with van der Waals surface area (Å²) in [5.41, 5.74) is 14.4. The highest BCUT2D eigenvalue weighted by atomic mass is 19.4. The van der Waals surface area contributed by atoms with Crippen LogP contribution in [-0.2, 0) is 15.7 Å². The van der Waals surface area contributed by atoms with E-state index in [2.05, 4.69) is 9.88 Å². The molecule has 4 radical (unpaired) electrons. The number of allylic oxidation sites excluding steroid dienone is 2. The van der Waals surface area contributed by atoms with Gasteiger partial charge in [-0.15, -0.1) is 0 Å². The maximum absolute atomic E-state index is 12.6. The first-order valence-electron chi connectivity index (χ1n) is 11.2. The van der Waals surface area contributed by atoms with Crippen LogP contribution in [0, 0.1) is 11.8 Å². The van der Waals surface area contributed by atoms with Crippen molar-refractivity contribution in [3.63, 3.8) is 0 Å². The Hall–Kier alpha value is -2.17. The fraction of sp³-hybridized carbons (Fsp3) is 0.591. The van der Waals surface area contributed by atoms with Gasteiger partial charge in [-0.1, -0.05) is 6.42 Å². The number of fused-ring (bicyclic) bond motifs is 1. The highest BCUT2D eigenvalue weighted by molar-refractivity contribution is 6.40. The summed E-state index contributed by atoms with van der Waals surface area (Å²) in [6, 6.07) is 2.59. The van der Waals surface area contributed by atoms with Crippen molar-refractivity contribution in [1.82, 2.24) is 9.88 Å². The summed E-state index contributed by atoms with van der Waals surface area (Å²) in [6.45, 7) is 3.81. The van der Waals surface area contributed by atoms with Crippen LogP contribution in [0.3, 0.4) is 0 Å². The Morgan fingerprint density at radius 3 is 2.32 bits per heavy atom. The molecule has 1 aromatic heterocycles. The normalized spacial score (nSPS) is 25.9. The van der Waals surface area contributed by atoms with Gasteiger partial charge in [-0.05, 0) is 54.3 Å². The van der Waals surface area contributed by atoms with Gasteiger partial charge in [-0.25, -0.2) is 0 Å². The first-order chi connectivity index (χ1) is 16.0. The molecule has 0 spiro atoms. The summed E-state index contributed by atoms with van der Waals surface area (Å²) in [7, 11) is 12.6. The Balaban J connectivity index is 0.000000191. The number of ether oxygens (including phenoxy) is 2. The minimum absolute atomic E-state index is 0.0506. The van der Waals surface area contributed by atoms with Crippen molar-refractivity contribution in [2.24, 2.45) is 29.0 Å². The van der Waals surface area contributed by atoms with E-state index in [4.69, 9.17) is 42.4 Å². The van der Waals surface area contributed by atoms with Gasteiger partial charge in [0.05, 0.1) is 47.4 Å². The van der Waals surface area contributed by atoms with Gasteiger partial charge in [0.1, 0.15) is 0 Å². The summed E-state index contributed by atoms with van der Waals surface area (Å²) in [5, 5.41) is -0.870. The molecule has 3 aliphatic rings. The SMILES string of the molecule is NC(N)=C/C=C(\N)c1cccnc1C(F)(F)F.[B]C([B])(C1COCCO1)N1CC2CCCC2C1. The molecule has 3 unspecified atom stereocenters. The Morgan fingerprint density at radius 2 is 1.76 bits per heavy atom. The third-order valence-corrected chi connectivity index (χ3v) is 6.45. The number of hydrogen-bond acceptors (Lipinski definition) is 7. The summed E-state index contributed by atoms with van der Waals surface area (Å²) < 4.78 is 48.9. The Morgan fingerprint density at radius 1 is 1.09 bits per heavy atom. The predicted octanol–water partition coefficient (Wildman–Crippen LogP) is 1.28. The van der Waals surface area contributed by atoms with Crippen LogP contribution in [0.2, 0.25) is 0 Å². The van der Waals surface area contributed by atoms with E-state index in [1.54, 1.807) is 0 Å². The van der Waals surface area contributed by atoms with Crippen LogP contribution in [0.5, 0.6) is 0 Å². The molecule has 2 saturated heterocycles. The first-order valence-corrected chi connectivity index (χ1v) is 11.2. The van der Waals surface area contributed by atoms with E-state index < -0.39 is 17.2 Å². The van der Waals surface area contributed by atoms with Crippen molar-refractivity contribution in [2.75, 3.05) is 32.9 Å². The second-order valence-corrected chi connectivity index (χ2v) is 8.86. The van der Waals surface area contributed by atoms with Gasteiger partial charge >= 0.3 is 6.18 Å². The minimum Gasteiger partial charge on any atom is -0.398 e. The zero-order valence-electron chi connectivity index (χ0n) is 19.0. The lowest BCUT2D eigenvalue weighted by molar-refractivity contribution is -0.141. The van der Waals surface area contributed by atoms with Crippen molar-refractivity contribution in [1.29, 1.82) is 0 Å². The Bertz CT molecular complexity index is 876. The molecule has 1 saturated carbocycles. The number of aromatic nitrogens is 1. The summed E-state index contributed by atoms with van der Waals surface area (Å²) in [5.74, 6) is 1.54. The van der Waals surface area contributed by atoms with Crippen LogP contribution in [-0.4, -0.2) is 69.9 Å². The second kappa shape index (κ2) is 11.0. The third-order valence-electron chi connectivity index (χ3n) is 6.45. The van der Waals surface area contributed by atoms with Crippen LogP contribution < -0.4 is 17.2 Å². The largest absolute Gasteiger partial charge is 0.434 e. The minimum atomic E-state index is -4.56. The van der Waals surface area contributed by atoms with Crippen molar-refractivity contribution < 1.29 is 22.6 Å². The van der Waals surface area contributed by atoms with Gasteiger partial charge in [0, 0.05) is 30.5 Å². The van der Waals surface area contributed by atoms with Gasteiger partial charge in [0.25, 0.3) is 0 Å². The molecule has 12 heteroatoms. The molecule has 2 aliphatic heterocycles. The maximum Gasteiger partial charge on any atom is 0.434 e. The number of rotatable bonds is 4. The molecule has 0 aromatic carbocycles. The van der Waals surface area contributed by atoms with Gasteiger partial charge in [-0.2, -0.15) is 13.2 Å². The number of nitrogens with zero attached hydrogens (tertiary/aromatic N) is 2. The zero-order valence-corrected chi connectivity index (χ0v) is 19.0. The number of alkyl halides is 3. The summed E-state index contributed by atoms with van der Waals surface area (Å²) >= 11 is 0. The lowest BCUT2D eigenvalue weighted by Gasteiger charge is -2.44. The number of nitrogens with two attached hydrogens (primary N) is 3. The number of hydrogen-bond donors (Lipinski definition) is 3. The lowest BCUT2D eigenvalue weighted by atomic mass is 9.57. The molecule has 0 amide bonds. The summed E-state index contributed by atoms with van der Waals surface area (Å²) in [6.07, 6.45) is 2.73. The van der Waals surface area contributed by atoms with Crippen molar-refractivity contribution >= 4 is 21.4 Å². The molecule has 4 rings (SSSR count). The van der Waals surface area contributed by atoms with E-state index in [9.17, 15) is 13.2 Å². The van der Waals surface area contributed by atoms with Crippen LogP contribution in [0.15, 0.2) is 36.3 Å². The molecule has 182 valence electrons. The third kappa shape index (κ3) is 6.49. The molecule has 1 aliphatic carbocycles. The predicted molar refractivity (Wildman–Crippen MR) is 125 cm³/mol. The number of likely N-dealkylation sites (tertiary alicyclic amines) is 1. The second-order valence-electron chi connectivity index (χ2n) is 8.86. The van der Waals surface area contributed by atoms with E-state index in [1.165, 1.54) is 43.5 Å². The van der Waals surface area contributed by atoms with E-state index in [-0.39, 0.29) is 23.2 Å². The molecule has 0 bridgehead atoms. The van der Waals surface area contributed by atoms with Crippen LogP contribution >= 0.6 is 0 Å². The van der Waals surface area contributed by atoms with E-state index >= 15 is 0 Å². The topological polar surface area (TPSA) is 113 Å². The summed E-state index contributed by atoms with van der Waals surface area (Å²) in [4.78, 5) is 5.48. The molecule has 7 nitrogen and oxygen atoms in total. The zero-order chi connectivity index (χ0) is 24.9. The Labute approximate surface area is 200 Å². The fourth-order valence-electron chi connectivity index (χ4n) is 4.65. The highest BCUT2D eigenvalue weighted by Gasteiger charge is 2.44.